The average Bonchev–Trinajstić information content (AvgIpc) is 2.56. The lowest BCUT2D eigenvalue weighted by atomic mass is 9.98. The third-order valence-electron chi connectivity index (χ3n) is 4.29. The third kappa shape index (κ3) is 4.76. The predicted octanol–water partition coefficient (Wildman–Crippen LogP) is 2.02. The number of rotatable bonds is 7. The molecule has 1 aliphatic heterocycles. The molecule has 1 fully saturated rings. The maximum atomic E-state index is 13.6. The number of amides is 1. The second-order valence-corrected chi connectivity index (χ2v) is 6.40. The van der Waals surface area contributed by atoms with Crippen molar-refractivity contribution in [3.63, 3.8) is 0 Å². The number of carbonyl (C=O) groups excluding carboxylic acids is 1. The van der Waals surface area contributed by atoms with Crippen LogP contribution in [0.15, 0.2) is 48.7 Å². The number of halogens is 1. The molecule has 0 aliphatic carbocycles. The van der Waals surface area contributed by atoms with Crippen LogP contribution in [0.5, 0.6) is 5.88 Å². The summed E-state index contributed by atoms with van der Waals surface area (Å²) < 4.78 is 19.2. The van der Waals surface area contributed by atoms with Gasteiger partial charge in [-0.05, 0) is 24.1 Å². The molecule has 1 aromatic heterocycles. The van der Waals surface area contributed by atoms with Crippen LogP contribution in [0.1, 0.15) is 12.0 Å². The van der Waals surface area contributed by atoms with Gasteiger partial charge in [0, 0.05) is 43.7 Å². The van der Waals surface area contributed by atoms with Gasteiger partial charge in [-0.15, -0.1) is 0 Å². The van der Waals surface area contributed by atoms with E-state index in [0.29, 0.717) is 43.5 Å². The van der Waals surface area contributed by atoms with Crippen LogP contribution in [0.4, 0.5) is 4.39 Å². The minimum absolute atomic E-state index is 0.0120. The lowest BCUT2D eigenvalue weighted by Crippen LogP contribution is -2.53. The van der Waals surface area contributed by atoms with Gasteiger partial charge in [0.2, 0.25) is 11.8 Å². The normalized spacial score (nSPS) is 15.5. The Morgan fingerprint density at radius 3 is 2.76 bits per heavy atom. The molecule has 1 aliphatic rings. The van der Waals surface area contributed by atoms with E-state index in [2.05, 4.69) is 4.98 Å². The van der Waals surface area contributed by atoms with Crippen LogP contribution in [-0.2, 0) is 11.2 Å². The standard InChI is InChI=1S/C19H22FN3O2/c20-17-6-2-1-5-15(17)9-16(21)10-19(24)23-11-14(12-23)13-25-18-7-3-4-8-22-18/h1-8,14,16H,9-13,21H2/t16-/m1/s1. The highest BCUT2D eigenvalue weighted by Crippen LogP contribution is 2.19. The zero-order valence-corrected chi connectivity index (χ0v) is 14.0. The molecule has 1 aromatic carbocycles. The van der Waals surface area contributed by atoms with Gasteiger partial charge >= 0.3 is 0 Å². The predicted molar refractivity (Wildman–Crippen MR) is 92.5 cm³/mol. The van der Waals surface area contributed by atoms with E-state index in [1.54, 1.807) is 29.3 Å². The van der Waals surface area contributed by atoms with Crippen molar-refractivity contribution in [1.82, 2.24) is 9.88 Å². The van der Waals surface area contributed by atoms with Crippen molar-refractivity contribution in [3.8, 4) is 5.88 Å². The molecule has 1 saturated heterocycles. The number of pyridine rings is 1. The maximum absolute atomic E-state index is 13.6. The van der Waals surface area contributed by atoms with E-state index in [4.69, 9.17) is 10.5 Å². The topological polar surface area (TPSA) is 68.5 Å². The van der Waals surface area contributed by atoms with Gasteiger partial charge in [0.05, 0.1) is 6.61 Å². The SMILES string of the molecule is N[C@@H](CC(=O)N1CC(COc2ccccn2)C1)Cc1ccccc1F. The Kier molecular flexibility index (Phi) is 5.60. The van der Waals surface area contributed by atoms with Crippen molar-refractivity contribution < 1.29 is 13.9 Å². The third-order valence-corrected chi connectivity index (χ3v) is 4.29. The first kappa shape index (κ1) is 17.4. The fourth-order valence-electron chi connectivity index (χ4n) is 2.89. The van der Waals surface area contributed by atoms with E-state index in [0.717, 1.165) is 0 Å². The molecular formula is C19H22FN3O2. The quantitative estimate of drug-likeness (QED) is 0.835. The molecule has 3 rings (SSSR count). The van der Waals surface area contributed by atoms with Gasteiger partial charge in [0.25, 0.3) is 0 Å². The zero-order chi connectivity index (χ0) is 17.6. The number of benzene rings is 1. The summed E-state index contributed by atoms with van der Waals surface area (Å²) in [7, 11) is 0. The number of ether oxygens (including phenoxy) is 1. The maximum Gasteiger partial charge on any atom is 0.224 e. The minimum Gasteiger partial charge on any atom is -0.477 e. The van der Waals surface area contributed by atoms with Crippen LogP contribution in [0.25, 0.3) is 0 Å². The first-order chi connectivity index (χ1) is 12.1. The molecule has 1 amide bonds. The van der Waals surface area contributed by atoms with E-state index in [1.165, 1.54) is 6.07 Å². The summed E-state index contributed by atoms with van der Waals surface area (Å²) in [6.45, 7) is 1.87. The number of carbonyl (C=O) groups is 1. The van der Waals surface area contributed by atoms with Gasteiger partial charge in [-0.25, -0.2) is 9.37 Å². The molecule has 5 nitrogen and oxygen atoms in total. The summed E-state index contributed by atoms with van der Waals surface area (Å²) >= 11 is 0. The van der Waals surface area contributed by atoms with Gasteiger partial charge in [0.1, 0.15) is 5.82 Å². The van der Waals surface area contributed by atoms with E-state index in [-0.39, 0.29) is 24.2 Å². The van der Waals surface area contributed by atoms with Crippen molar-refractivity contribution in [2.24, 2.45) is 11.7 Å². The van der Waals surface area contributed by atoms with Crippen molar-refractivity contribution in [2.75, 3.05) is 19.7 Å². The van der Waals surface area contributed by atoms with Gasteiger partial charge < -0.3 is 15.4 Å². The van der Waals surface area contributed by atoms with Crippen LogP contribution < -0.4 is 10.5 Å². The molecule has 25 heavy (non-hydrogen) atoms. The molecule has 0 spiro atoms. The molecule has 0 unspecified atom stereocenters. The summed E-state index contributed by atoms with van der Waals surface area (Å²) in [6.07, 6.45) is 2.27. The van der Waals surface area contributed by atoms with Gasteiger partial charge in [-0.2, -0.15) is 0 Å². The molecule has 132 valence electrons. The van der Waals surface area contributed by atoms with Gasteiger partial charge in [0.15, 0.2) is 0 Å². The second-order valence-electron chi connectivity index (χ2n) is 6.40. The fourth-order valence-corrected chi connectivity index (χ4v) is 2.89. The van der Waals surface area contributed by atoms with Crippen LogP contribution >= 0.6 is 0 Å². The molecular weight excluding hydrogens is 321 g/mol. The van der Waals surface area contributed by atoms with E-state index >= 15 is 0 Å². The van der Waals surface area contributed by atoms with Crippen molar-refractivity contribution >= 4 is 5.91 Å². The summed E-state index contributed by atoms with van der Waals surface area (Å²) in [4.78, 5) is 18.1. The van der Waals surface area contributed by atoms with Crippen LogP contribution in [-0.4, -0.2) is 41.5 Å². The molecule has 2 aromatic rings. The van der Waals surface area contributed by atoms with Crippen LogP contribution in [0, 0.1) is 11.7 Å². The van der Waals surface area contributed by atoms with Gasteiger partial charge in [-0.1, -0.05) is 24.3 Å². The smallest absolute Gasteiger partial charge is 0.224 e. The largest absolute Gasteiger partial charge is 0.477 e. The summed E-state index contributed by atoms with van der Waals surface area (Å²) in [5.41, 5.74) is 6.56. The molecule has 1 atom stereocenters. The monoisotopic (exact) mass is 343 g/mol. The summed E-state index contributed by atoms with van der Waals surface area (Å²) in [5.74, 6) is 0.645. The molecule has 0 bridgehead atoms. The summed E-state index contributed by atoms with van der Waals surface area (Å²) in [5, 5.41) is 0. The van der Waals surface area contributed by atoms with E-state index in [1.807, 2.05) is 18.2 Å². The van der Waals surface area contributed by atoms with E-state index < -0.39 is 0 Å². The number of aromatic nitrogens is 1. The first-order valence-electron chi connectivity index (χ1n) is 8.42. The van der Waals surface area contributed by atoms with Crippen molar-refractivity contribution in [3.05, 3.63) is 60.0 Å². The Morgan fingerprint density at radius 2 is 2.04 bits per heavy atom. The fraction of sp³-hybridized carbons (Fsp3) is 0.368. The van der Waals surface area contributed by atoms with E-state index in [9.17, 15) is 9.18 Å². The number of hydrogen-bond donors (Lipinski definition) is 1. The van der Waals surface area contributed by atoms with Crippen molar-refractivity contribution in [2.45, 2.75) is 18.9 Å². The number of hydrogen-bond acceptors (Lipinski definition) is 4. The highest BCUT2D eigenvalue weighted by molar-refractivity contribution is 5.77. The average molecular weight is 343 g/mol. The zero-order valence-electron chi connectivity index (χ0n) is 14.0. The Balaban J connectivity index is 1.38. The van der Waals surface area contributed by atoms with Crippen molar-refractivity contribution in [1.29, 1.82) is 0 Å². The Hall–Kier alpha value is -2.47. The Labute approximate surface area is 146 Å². The lowest BCUT2D eigenvalue weighted by Gasteiger charge is -2.39. The van der Waals surface area contributed by atoms with Crippen LogP contribution in [0.2, 0.25) is 0 Å². The molecule has 0 saturated carbocycles. The first-order valence-corrected chi connectivity index (χ1v) is 8.42. The number of likely N-dealkylation sites (tertiary alicyclic amines) is 1. The Bertz CT molecular complexity index is 705. The summed E-state index contributed by atoms with van der Waals surface area (Å²) in [6, 6.07) is 11.7. The molecule has 2 heterocycles. The number of nitrogens with zero attached hydrogens (tertiary/aromatic N) is 2. The minimum atomic E-state index is -0.381. The Morgan fingerprint density at radius 1 is 1.28 bits per heavy atom. The molecule has 2 N–H and O–H groups in total. The highest BCUT2D eigenvalue weighted by atomic mass is 19.1. The second kappa shape index (κ2) is 8.07. The number of nitrogens with two attached hydrogens (primary N) is 1. The molecule has 0 radical (unpaired) electrons. The van der Waals surface area contributed by atoms with Gasteiger partial charge in [-0.3, -0.25) is 4.79 Å². The molecule has 6 heteroatoms. The highest BCUT2D eigenvalue weighted by Gasteiger charge is 2.31. The van der Waals surface area contributed by atoms with Crippen LogP contribution in [0.3, 0.4) is 0 Å². The lowest BCUT2D eigenvalue weighted by molar-refractivity contribution is -0.138.